The van der Waals surface area contributed by atoms with E-state index in [1.54, 1.807) is 7.11 Å². The van der Waals surface area contributed by atoms with Crippen molar-refractivity contribution in [2.45, 2.75) is 19.8 Å². The Morgan fingerprint density at radius 1 is 1.44 bits per heavy atom. The molecule has 0 fully saturated rings. The van der Waals surface area contributed by atoms with E-state index >= 15 is 0 Å². The van der Waals surface area contributed by atoms with E-state index in [0.717, 1.165) is 11.4 Å². The van der Waals surface area contributed by atoms with Crippen molar-refractivity contribution >= 4 is 23.0 Å². The number of hydrogen-bond acceptors (Lipinski definition) is 3. The Kier molecular flexibility index (Phi) is 4.52. The van der Waals surface area contributed by atoms with Gasteiger partial charge in [-0.25, -0.2) is 5.84 Å². The van der Waals surface area contributed by atoms with Gasteiger partial charge >= 0.3 is 0 Å². The zero-order chi connectivity index (χ0) is 12.1. The quantitative estimate of drug-likeness (QED) is 0.428. The van der Waals surface area contributed by atoms with Crippen LogP contribution in [0.15, 0.2) is 18.2 Å². The number of benzene rings is 1. The zero-order valence-corrected chi connectivity index (χ0v) is 10.5. The third-order valence-electron chi connectivity index (χ3n) is 2.26. The summed E-state index contributed by atoms with van der Waals surface area (Å²) >= 11 is 4.97. The van der Waals surface area contributed by atoms with E-state index < -0.39 is 0 Å². The fourth-order valence-electron chi connectivity index (χ4n) is 1.43. The van der Waals surface area contributed by atoms with Gasteiger partial charge in [-0.05, 0) is 29.8 Å². The molecule has 0 spiro atoms. The number of methoxy groups -OCH3 is 1. The Labute approximate surface area is 101 Å². The van der Waals surface area contributed by atoms with Crippen LogP contribution in [0.2, 0.25) is 0 Å². The molecular formula is C11H17N3OS. The topological polar surface area (TPSA) is 59.3 Å². The van der Waals surface area contributed by atoms with Gasteiger partial charge in [0.2, 0.25) is 0 Å². The smallest absolute Gasteiger partial charge is 0.185 e. The van der Waals surface area contributed by atoms with Gasteiger partial charge in [-0.1, -0.05) is 19.9 Å². The van der Waals surface area contributed by atoms with Gasteiger partial charge in [0, 0.05) is 11.8 Å². The van der Waals surface area contributed by atoms with Gasteiger partial charge in [0.1, 0.15) is 5.75 Å². The Morgan fingerprint density at radius 3 is 2.62 bits per heavy atom. The molecule has 0 heterocycles. The highest BCUT2D eigenvalue weighted by Gasteiger charge is 2.08. The Morgan fingerprint density at radius 2 is 2.12 bits per heavy atom. The molecule has 5 heteroatoms. The van der Waals surface area contributed by atoms with Crippen molar-refractivity contribution in [3.05, 3.63) is 23.8 Å². The molecule has 16 heavy (non-hydrogen) atoms. The van der Waals surface area contributed by atoms with Crippen molar-refractivity contribution in [1.29, 1.82) is 0 Å². The summed E-state index contributed by atoms with van der Waals surface area (Å²) < 4.78 is 5.17. The Balaban J connectivity index is 3.05. The lowest BCUT2D eigenvalue weighted by Crippen LogP contribution is -2.34. The number of thiocarbonyl (C=S) groups is 1. The molecule has 0 bridgehead atoms. The van der Waals surface area contributed by atoms with Crippen LogP contribution in [0.25, 0.3) is 0 Å². The minimum Gasteiger partial charge on any atom is -0.497 e. The highest BCUT2D eigenvalue weighted by Crippen LogP contribution is 2.28. The minimum absolute atomic E-state index is 0.384. The predicted octanol–water partition coefficient (Wildman–Crippen LogP) is 1.98. The summed E-state index contributed by atoms with van der Waals surface area (Å²) in [6.45, 7) is 4.23. The molecule has 4 N–H and O–H groups in total. The number of rotatable bonds is 3. The monoisotopic (exact) mass is 239 g/mol. The molecule has 0 aromatic heterocycles. The van der Waals surface area contributed by atoms with Gasteiger partial charge in [-0.2, -0.15) is 0 Å². The van der Waals surface area contributed by atoms with Crippen LogP contribution in [-0.2, 0) is 0 Å². The molecule has 0 aliphatic heterocycles. The first-order chi connectivity index (χ1) is 7.58. The van der Waals surface area contributed by atoms with Crippen LogP contribution < -0.4 is 21.3 Å². The molecule has 0 aliphatic rings. The normalized spacial score (nSPS) is 10.1. The van der Waals surface area contributed by atoms with Gasteiger partial charge in [0.05, 0.1) is 7.11 Å². The maximum atomic E-state index is 5.23. The van der Waals surface area contributed by atoms with Gasteiger partial charge in [0.15, 0.2) is 5.11 Å². The zero-order valence-electron chi connectivity index (χ0n) is 9.70. The fourth-order valence-corrected chi connectivity index (χ4v) is 1.54. The van der Waals surface area contributed by atoms with Crippen molar-refractivity contribution in [3.63, 3.8) is 0 Å². The Bertz CT molecular complexity index is 379. The van der Waals surface area contributed by atoms with Crippen LogP contribution >= 0.6 is 12.2 Å². The Hall–Kier alpha value is -1.33. The number of nitrogens with two attached hydrogens (primary N) is 1. The standard InChI is InChI=1S/C11H17N3OS/c1-7(2)9-5-4-8(15-3)6-10(9)13-11(16)14-12/h4-7H,12H2,1-3H3,(H2,13,14,16). The summed E-state index contributed by atoms with van der Waals surface area (Å²) in [5.74, 6) is 6.41. The molecule has 0 aliphatic carbocycles. The van der Waals surface area contributed by atoms with E-state index in [9.17, 15) is 0 Å². The van der Waals surface area contributed by atoms with Crippen LogP contribution in [-0.4, -0.2) is 12.2 Å². The molecule has 0 saturated heterocycles. The van der Waals surface area contributed by atoms with E-state index in [0.29, 0.717) is 11.0 Å². The summed E-state index contributed by atoms with van der Waals surface area (Å²) in [6.07, 6.45) is 0. The van der Waals surface area contributed by atoms with Crippen molar-refractivity contribution in [3.8, 4) is 5.75 Å². The predicted molar refractivity (Wildman–Crippen MR) is 70.6 cm³/mol. The van der Waals surface area contributed by atoms with Crippen molar-refractivity contribution in [2.24, 2.45) is 5.84 Å². The van der Waals surface area contributed by atoms with Crippen LogP contribution in [0.4, 0.5) is 5.69 Å². The lowest BCUT2D eigenvalue weighted by molar-refractivity contribution is 0.415. The fraction of sp³-hybridized carbons (Fsp3) is 0.364. The highest BCUT2D eigenvalue weighted by atomic mass is 32.1. The van der Waals surface area contributed by atoms with Gasteiger partial charge in [0.25, 0.3) is 0 Å². The molecule has 1 aromatic carbocycles. The molecule has 88 valence electrons. The maximum absolute atomic E-state index is 5.23. The van der Waals surface area contributed by atoms with Gasteiger partial charge < -0.3 is 15.5 Å². The molecule has 1 rings (SSSR count). The average molecular weight is 239 g/mol. The van der Waals surface area contributed by atoms with E-state index in [1.807, 2.05) is 18.2 Å². The van der Waals surface area contributed by atoms with Crippen molar-refractivity contribution < 1.29 is 4.74 Å². The van der Waals surface area contributed by atoms with Crippen molar-refractivity contribution in [2.75, 3.05) is 12.4 Å². The lowest BCUT2D eigenvalue weighted by Gasteiger charge is -2.16. The number of anilines is 1. The second-order valence-electron chi connectivity index (χ2n) is 3.71. The second-order valence-corrected chi connectivity index (χ2v) is 4.11. The molecule has 0 atom stereocenters. The van der Waals surface area contributed by atoms with E-state index in [-0.39, 0.29) is 0 Å². The van der Waals surface area contributed by atoms with Crippen LogP contribution in [0.5, 0.6) is 5.75 Å². The molecule has 1 aromatic rings. The molecular weight excluding hydrogens is 222 g/mol. The summed E-state index contributed by atoms with van der Waals surface area (Å²) in [5, 5.41) is 3.42. The maximum Gasteiger partial charge on any atom is 0.185 e. The van der Waals surface area contributed by atoms with Crippen LogP contribution in [0, 0.1) is 0 Å². The lowest BCUT2D eigenvalue weighted by atomic mass is 10.0. The minimum atomic E-state index is 0.384. The van der Waals surface area contributed by atoms with Crippen molar-refractivity contribution in [1.82, 2.24) is 5.43 Å². The third kappa shape index (κ3) is 3.08. The second kappa shape index (κ2) is 5.67. The largest absolute Gasteiger partial charge is 0.497 e. The molecule has 4 nitrogen and oxygen atoms in total. The molecule has 0 amide bonds. The first kappa shape index (κ1) is 12.7. The van der Waals surface area contributed by atoms with Gasteiger partial charge in [-0.15, -0.1) is 0 Å². The third-order valence-corrected chi connectivity index (χ3v) is 2.48. The summed E-state index contributed by atoms with van der Waals surface area (Å²) in [4.78, 5) is 0. The molecule has 0 radical (unpaired) electrons. The molecule has 0 unspecified atom stereocenters. The average Bonchev–Trinajstić information content (AvgIpc) is 2.28. The first-order valence-corrected chi connectivity index (χ1v) is 5.44. The number of nitrogens with one attached hydrogen (secondary N) is 2. The van der Waals surface area contributed by atoms with Gasteiger partial charge in [-0.3, -0.25) is 0 Å². The summed E-state index contributed by atoms with van der Waals surface area (Å²) in [7, 11) is 1.63. The van der Waals surface area contributed by atoms with E-state index in [1.165, 1.54) is 5.56 Å². The summed E-state index contributed by atoms with van der Waals surface area (Å²) in [5.41, 5.74) is 4.48. The first-order valence-electron chi connectivity index (χ1n) is 5.04. The number of hydrazine groups is 1. The highest BCUT2D eigenvalue weighted by molar-refractivity contribution is 7.80. The summed E-state index contributed by atoms with van der Waals surface area (Å²) in [6, 6.07) is 5.85. The number of hydrogen-bond donors (Lipinski definition) is 3. The molecule has 0 saturated carbocycles. The number of ether oxygens (including phenoxy) is 1. The SMILES string of the molecule is COc1ccc(C(C)C)c(NC(=S)NN)c1. The van der Waals surface area contributed by atoms with E-state index in [4.69, 9.17) is 22.8 Å². The van der Waals surface area contributed by atoms with Crippen LogP contribution in [0.1, 0.15) is 25.3 Å². The van der Waals surface area contributed by atoms with Crippen LogP contribution in [0.3, 0.4) is 0 Å². The van der Waals surface area contributed by atoms with E-state index in [2.05, 4.69) is 24.6 Å².